The smallest absolute Gasteiger partial charge is 0.240 e. The lowest BCUT2D eigenvalue weighted by atomic mass is 9.84. The third-order valence-corrected chi connectivity index (χ3v) is 5.19. The highest BCUT2D eigenvalue weighted by Crippen LogP contribution is 2.25. The second-order valence-electron chi connectivity index (χ2n) is 7.18. The fourth-order valence-corrected chi connectivity index (χ4v) is 3.64. The fourth-order valence-electron chi connectivity index (χ4n) is 3.17. The van der Waals surface area contributed by atoms with E-state index < -0.39 is 5.41 Å². The first-order valence-electron chi connectivity index (χ1n) is 8.87. The number of hydrogen-bond donors (Lipinski definition) is 1. The number of rotatable bonds is 7. The number of thioether (sulfide) groups is 1. The summed E-state index contributed by atoms with van der Waals surface area (Å²) in [6.45, 7) is 4.41. The third kappa shape index (κ3) is 4.33. The molecule has 0 atom stereocenters. The van der Waals surface area contributed by atoms with Gasteiger partial charge in [-0.25, -0.2) is 9.37 Å². The van der Waals surface area contributed by atoms with Crippen LogP contribution in [-0.4, -0.2) is 28.3 Å². The summed E-state index contributed by atoms with van der Waals surface area (Å²) >= 11 is 1.67. The van der Waals surface area contributed by atoms with Gasteiger partial charge in [0.15, 0.2) is 0 Å². The number of carbonyl (C=O) groups is 1. The molecule has 2 aromatic carbocycles. The Balaban J connectivity index is 1.74. The van der Waals surface area contributed by atoms with E-state index in [1.807, 2.05) is 55.0 Å². The highest BCUT2D eigenvalue weighted by atomic mass is 32.2. The SMILES string of the molecule is CSCc1nc2ccccc2n1CC(=O)NCC(C)(C)c1ccccc1F. The maximum absolute atomic E-state index is 14.1. The zero-order valence-electron chi connectivity index (χ0n) is 15.8. The summed E-state index contributed by atoms with van der Waals surface area (Å²) in [5.41, 5.74) is 1.94. The van der Waals surface area contributed by atoms with Crippen molar-refractivity contribution in [1.82, 2.24) is 14.9 Å². The molecule has 4 nitrogen and oxygen atoms in total. The Labute approximate surface area is 163 Å². The zero-order chi connectivity index (χ0) is 19.4. The van der Waals surface area contributed by atoms with E-state index in [1.165, 1.54) is 6.07 Å². The number of carbonyl (C=O) groups excluding carboxylic acids is 1. The van der Waals surface area contributed by atoms with Crippen molar-refractivity contribution in [1.29, 1.82) is 0 Å². The summed E-state index contributed by atoms with van der Waals surface area (Å²) in [5.74, 6) is 1.26. The Morgan fingerprint density at radius 2 is 1.89 bits per heavy atom. The Hall–Kier alpha value is -2.34. The van der Waals surface area contributed by atoms with E-state index in [0.717, 1.165) is 22.6 Å². The number of aromatic nitrogens is 2. The molecule has 1 heterocycles. The molecule has 3 aromatic rings. The summed E-state index contributed by atoms with van der Waals surface area (Å²) < 4.78 is 16.1. The first-order chi connectivity index (χ1) is 12.9. The average Bonchev–Trinajstić information content (AvgIpc) is 2.98. The molecular formula is C21H24FN3OS. The van der Waals surface area contributed by atoms with Gasteiger partial charge in [-0.05, 0) is 30.0 Å². The van der Waals surface area contributed by atoms with E-state index >= 15 is 0 Å². The number of nitrogens with one attached hydrogen (secondary N) is 1. The van der Waals surface area contributed by atoms with Crippen LogP contribution in [0.15, 0.2) is 48.5 Å². The van der Waals surface area contributed by atoms with E-state index in [1.54, 1.807) is 23.9 Å². The van der Waals surface area contributed by atoms with Crippen LogP contribution >= 0.6 is 11.8 Å². The van der Waals surface area contributed by atoms with Crippen LogP contribution in [0.3, 0.4) is 0 Å². The number of para-hydroxylation sites is 2. The molecule has 0 aliphatic carbocycles. The molecule has 27 heavy (non-hydrogen) atoms. The fraction of sp³-hybridized carbons (Fsp3) is 0.333. The van der Waals surface area contributed by atoms with E-state index in [-0.39, 0.29) is 18.3 Å². The van der Waals surface area contributed by atoms with Gasteiger partial charge in [-0.1, -0.05) is 44.2 Å². The number of hydrogen-bond acceptors (Lipinski definition) is 3. The minimum absolute atomic E-state index is 0.107. The Kier molecular flexibility index (Phi) is 5.85. The maximum atomic E-state index is 14.1. The molecule has 3 rings (SSSR count). The van der Waals surface area contributed by atoms with Gasteiger partial charge in [0, 0.05) is 12.0 Å². The van der Waals surface area contributed by atoms with Crippen molar-refractivity contribution in [3.63, 3.8) is 0 Å². The van der Waals surface area contributed by atoms with Crippen LogP contribution in [0.2, 0.25) is 0 Å². The quantitative estimate of drug-likeness (QED) is 0.665. The molecule has 0 spiro atoms. The second-order valence-corrected chi connectivity index (χ2v) is 8.04. The lowest BCUT2D eigenvalue weighted by Gasteiger charge is -2.26. The van der Waals surface area contributed by atoms with Gasteiger partial charge in [-0.15, -0.1) is 0 Å². The number of benzene rings is 2. The highest BCUT2D eigenvalue weighted by molar-refractivity contribution is 7.97. The van der Waals surface area contributed by atoms with Crippen molar-refractivity contribution in [2.24, 2.45) is 0 Å². The summed E-state index contributed by atoms with van der Waals surface area (Å²) in [6.07, 6.45) is 2.01. The lowest BCUT2D eigenvalue weighted by molar-refractivity contribution is -0.121. The molecule has 0 saturated heterocycles. The monoisotopic (exact) mass is 385 g/mol. The molecule has 0 aliphatic rings. The van der Waals surface area contributed by atoms with Crippen LogP contribution in [0, 0.1) is 5.82 Å². The van der Waals surface area contributed by atoms with E-state index in [9.17, 15) is 9.18 Å². The minimum Gasteiger partial charge on any atom is -0.354 e. The predicted octanol–water partition coefficient (Wildman–Crippen LogP) is 4.13. The van der Waals surface area contributed by atoms with Gasteiger partial charge >= 0.3 is 0 Å². The van der Waals surface area contributed by atoms with Crippen LogP contribution in [0.25, 0.3) is 11.0 Å². The Morgan fingerprint density at radius 1 is 1.19 bits per heavy atom. The van der Waals surface area contributed by atoms with Gasteiger partial charge in [-0.2, -0.15) is 11.8 Å². The van der Waals surface area contributed by atoms with Crippen molar-refractivity contribution >= 4 is 28.7 Å². The Morgan fingerprint density at radius 3 is 2.63 bits per heavy atom. The van der Waals surface area contributed by atoms with Gasteiger partial charge in [0.25, 0.3) is 0 Å². The molecule has 0 radical (unpaired) electrons. The molecule has 0 fully saturated rings. The van der Waals surface area contributed by atoms with Crippen LogP contribution < -0.4 is 5.32 Å². The van der Waals surface area contributed by atoms with Crippen LogP contribution in [0.4, 0.5) is 4.39 Å². The molecule has 0 unspecified atom stereocenters. The average molecular weight is 386 g/mol. The largest absolute Gasteiger partial charge is 0.354 e. The van der Waals surface area contributed by atoms with Crippen molar-refractivity contribution in [3.05, 3.63) is 65.7 Å². The summed E-state index contributed by atoms with van der Waals surface area (Å²) in [7, 11) is 0. The molecule has 0 aliphatic heterocycles. The number of amides is 1. The van der Waals surface area contributed by atoms with Crippen molar-refractivity contribution < 1.29 is 9.18 Å². The number of fused-ring (bicyclic) bond motifs is 1. The number of nitrogens with zero attached hydrogens (tertiary/aromatic N) is 2. The van der Waals surface area contributed by atoms with Gasteiger partial charge in [0.05, 0.1) is 16.8 Å². The predicted molar refractivity (Wildman–Crippen MR) is 109 cm³/mol. The van der Waals surface area contributed by atoms with Crippen LogP contribution in [0.5, 0.6) is 0 Å². The Bertz CT molecular complexity index is 952. The molecule has 1 aromatic heterocycles. The summed E-state index contributed by atoms with van der Waals surface area (Å²) in [4.78, 5) is 17.2. The number of imidazole rings is 1. The van der Waals surface area contributed by atoms with Gasteiger partial charge in [0.1, 0.15) is 18.2 Å². The molecule has 142 valence electrons. The molecular weight excluding hydrogens is 361 g/mol. The van der Waals surface area contributed by atoms with E-state index in [0.29, 0.717) is 12.1 Å². The van der Waals surface area contributed by atoms with Crippen molar-refractivity contribution in [2.45, 2.75) is 31.6 Å². The second kappa shape index (κ2) is 8.13. The molecule has 0 saturated carbocycles. The summed E-state index contributed by atoms with van der Waals surface area (Å²) in [5, 5.41) is 2.96. The highest BCUT2D eigenvalue weighted by Gasteiger charge is 2.25. The van der Waals surface area contributed by atoms with E-state index in [2.05, 4.69) is 10.3 Å². The normalized spacial score (nSPS) is 11.7. The van der Waals surface area contributed by atoms with Gasteiger partial charge in [-0.3, -0.25) is 4.79 Å². The van der Waals surface area contributed by atoms with E-state index in [4.69, 9.17) is 0 Å². The maximum Gasteiger partial charge on any atom is 0.240 e. The summed E-state index contributed by atoms with van der Waals surface area (Å²) in [6, 6.07) is 14.5. The van der Waals surface area contributed by atoms with Crippen LogP contribution in [0.1, 0.15) is 25.2 Å². The molecule has 1 amide bonds. The van der Waals surface area contributed by atoms with Gasteiger partial charge in [0.2, 0.25) is 5.91 Å². The van der Waals surface area contributed by atoms with Crippen molar-refractivity contribution in [3.8, 4) is 0 Å². The molecule has 0 bridgehead atoms. The number of halogens is 1. The first kappa shape index (κ1) is 19.4. The molecule has 1 N–H and O–H groups in total. The third-order valence-electron chi connectivity index (χ3n) is 4.64. The van der Waals surface area contributed by atoms with Gasteiger partial charge < -0.3 is 9.88 Å². The van der Waals surface area contributed by atoms with Crippen molar-refractivity contribution in [2.75, 3.05) is 12.8 Å². The van der Waals surface area contributed by atoms with Crippen LogP contribution in [-0.2, 0) is 22.5 Å². The standard InChI is InChI=1S/C21H24FN3OS/c1-21(2,15-8-4-5-9-16(15)22)14-23-20(26)12-25-18-11-7-6-10-17(18)24-19(25)13-27-3/h4-11H,12-14H2,1-3H3,(H,23,26). The topological polar surface area (TPSA) is 46.9 Å². The lowest BCUT2D eigenvalue weighted by Crippen LogP contribution is -2.38. The first-order valence-corrected chi connectivity index (χ1v) is 10.3. The minimum atomic E-state index is -0.500. The zero-order valence-corrected chi connectivity index (χ0v) is 16.6. The molecule has 6 heteroatoms.